The predicted molar refractivity (Wildman–Crippen MR) is 59.6 cm³/mol. The van der Waals surface area contributed by atoms with Gasteiger partial charge in [-0.2, -0.15) is 0 Å². The first kappa shape index (κ1) is 14.1. The molecule has 0 aromatic heterocycles. The van der Waals surface area contributed by atoms with Crippen molar-refractivity contribution >= 4 is 11.8 Å². The van der Waals surface area contributed by atoms with E-state index in [-0.39, 0.29) is 17.7 Å². The number of unbranched alkanes of at least 4 members (excludes halogenated alkanes) is 1. The Morgan fingerprint density at radius 3 is 2.33 bits per heavy atom. The van der Waals surface area contributed by atoms with Crippen molar-refractivity contribution in [3.63, 3.8) is 0 Å². The van der Waals surface area contributed by atoms with Crippen molar-refractivity contribution in [1.82, 2.24) is 0 Å². The Hall–Kier alpha value is -0.860. The lowest BCUT2D eigenvalue weighted by Gasteiger charge is -2.12. The summed E-state index contributed by atoms with van der Waals surface area (Å²) in [6.07, 6.45) is 3.65. The van der Waals surface area contributed by atoms with Gasteiger partial charge in [0.05, 0.1) is 6.61 Å². The number of rotatable bonds is 8. The maximum atomic E-state index is 11.3. The van der Waals surface area contributed by atoms with E-state index in [0.29, 0.717) is 19.4 Å². The Balaban J connectivity index is 3.75. The molecule has 0 bridgehead atoms. The molecular formula is C12H22O3. The molecule has 0 aromatic carbocycles. The van der Waals surface area contributed by atoms with Crippen LogP contribution < -0.4 is 0 Å². The quantitative estimate of drug-likeness (QED) is 0.461. The van der Waals surface area contributed by atoms with Crippen LogP contribution in [0.3, 0.4) is 0 Å². The van der Waals surface area contributed by atoms with Gasteiger partial charge in [-0.05, 0) is 19.3 Å². The van der Waals surface area contributed by atoms with Crippen LogP contribution in [0.25, 0.3) is 0 Å². The highest BCUT2D eigenvalue weighted by Gasteiger charge is 2.14. The van der Waals surface area contributed by atoms with E-state index in [4.69, 9.17) is 4.74 Å². The van der Waals surface area contributed by atoms with E-state index in [1.165, 1.54) is 0 Å². The van der Waals surface area contributed by atoms with Crippen LogP contribution in [0.4, 0.5) is 0 Å². The van der Waals surface area contributed by atoms with Crippen LogP contribution in [-0.4, -0.2) is 18.4 Å². The van der Waals surface area contributed by atoms with Gasteiger partial charge in [0, 0.05) is 12.8 Å². The first-order valence-electron chi connectivity index (χ1n) is 5.75. The molecule has 1 atom stereocenters. The van der Waals surface area contributed by atoms with Crippen LogP contribution in [-0.2, 0) is 14.3 Å². The summed E-state index contributed by atoms with van der Waals surface area (Å²) in [5.74, 6) is 0.122. The zero-order chi connectivity index (χ0) is 11.7. The van der Waals surface area contributed by atoms with Gasteiger partial charge in [0.25, 0.3) is 0 Å². The minimum Gasteiger partial charge on any atom is -0.466 e. The molecule has 3 heteroatoms. The van der Waals surface area contributed by atoms with Crippen LogP contribution in [0.15, 0.2) is 0 Å². The van der Waals surface area contributed by atoms with E-state index in [1.54, 1.807) is 6.92 Å². The lowest BCUT2D eigenvalue weighted by Crippen LogP contribution is -2.14. The number of carbonyl (C=O) groups is 2. The number of hydrogen-bond donors (Lipinski definition) is 0. The van der Waals surface area contributed by atoms with Gasteiger partial charge in [0.15, 0.2) is 0 Å². The molecule has 0 aliphatic carbocycles. The highest BCUT2D eigenvalue weighted by molar-refractivity contribution is 5.77. The smallest absolute Gasteiger partial charge is 0.306 e. The largest absolute Gasteiger partial charge is 0.466 e. The molecule has 0 aliphatic heterocycles. The molecule has 88 valence electrons. The fraction of sp³-hybridized carbons (Fsp3) is 0.833. The minimum atomic E-state index is -0.170. The van der Waals surface area contributed by atoms with Crippen molar-refractivity contribution in [2.24, 2.45) is 5.92 Å². The van der Waals surface area contributed by atoms with Crippen LogP contribution >= 0.6 is 0 Å². The summed E-state index contributed by atoms with van der Waals surface area (Å²) in [6, 6.07) is 0. The summed E-state index contributed by atoms with van der Waals surface area (Å²) in [4.78, 5) is 22.2. The van der Waals surface area contributed by atoms with Crippen molar-refractivity contribution in [2.45, 2.75) is 52.9 Å². The van der Waals surface area contributed by atoms with Crippen molar-refractivity contribution in [1.29, 1.82) is 0 Å². The predicted octanol–water partition coefficient (Wildman–Crippen LogP) is 2.73. The molecular weight excluding hydrogens is 192 g/mol. The lowest BCUT2D eigenvalue weighted by molar-refractivity contribution is -0.145. The monoisotopic (exact) mass is 214 g/mol. The first-order chi connectivity index (χ1) is 7.10. The van der Waals surface area contributed by atoms with Gasteiger partial charge >= 0.3 is 5.97 Å². The molecule has 0 radical (unpaired) electrons. The molecule has 15 heavy (non-hydrogen) atoms. The Morgan fingerprint density at radius 2 is 1.87 bits per heavy atom. The standard InChI is InChI=1S/C12H22O3/c1-4-6-7-15-12(14)9-11(5-2)8-10(3)13/h11H,4-9H2,1-3H3. The third-order valence-electron chi connectivity index (χ3n) is 2.37. The highest BCUT2D eigenvalue weighted by atomic mass is 16.5. The normalized spacial score (nSPS) is 12.2. The maximum absolute atomic E-state index is 11.3. The summed E-state index contributed by atoms with van der Waals surface area (Å²) in [7, 11) is 0. The second-order valence-corrected chi connectivity index (χ2v) is 3.96. The maximum Gasteiger partial charge on any atom is 0.306 e. The van der Waals surface area contributed by atoms with Crippen LogP contribution in [0.1, 0.15) is 52.9 Å². The van der Waals surface area contributed by atoms with E-state index >= 15 is 0 Å². The van der Waals surface area contributed by atoms with E-state index in [2.05, 4.69) is 6.92 Å². The average molecular weight is 214 g/mol. The summed E-state index contributed by atoms with van der Waals surface area (Å²) in [5, 5.41) is 0. The number of carbonyl (C=O) groups excluding carboxylic acids is 2. The molecule has 0 spiro atoms. The number of esters is 1. The molecule has 0 N–H and O–H groups in total. The molecule has 1 unspecified atom stereocenters. The number of ether oxygens (including phenoxy) is 1. The van der Waals surface area contributed by atoms with E-state index < -0.39 is 0 Å². The third-order valence-corrected chi connectivity index (χ3v) is 2.37. The summed E-state index contributed by atoms with van der Waals surface area (Å²) >= 11 is 0. The lowest BCUT2D eigenvalue weighted by atomic mass is 9.97. The Kier molecular flexibility index (Phi) is 7.96. The van der Waals surface area contributed by atoms with Gasteiger partial charge in [0.1, 0.15) is 5.78 Å². The van der Waals surface area contributed by atoms with E-state index in [9.17, 15) is 9.59 Å². The number of ketones is 1. The molecule has 0 rings (SSSR count). The number of Topliss-reactive ketones (excluding diaryl/α,β-unsaturated/α-hetero) is 1. The van der Waals surface area contributed by atoms with Gasteiger partial charge in [-0.15, -0.1) is 0 Å². The summed E-state index contributed by atoms with van der Waals surface area (Å²) < 4.78 is 5.05. The van der Waals surface area contributed by atoms with Crippen molar-refractivity contribution in [3.8, 4) is 0 Å². The minimum absolute atomic E-state index is 0.142. The molecule has 0 fully saturated rings. The van der Waals surface area contributed by atoms with Gasteiger partial charge in [0.2, 0.25) is 0 Å². The zero-order valence-corrected chi connectivity index (χ0v) is 10.0. The second kappa shape index (κ2) is 8.45. The second-order valence-electron chi connectivity index (χ2n) is 3.96. The zero-order valence-electron chi connectivity index (χ0n) is 10.0. The van der Waals surface area contributed by atoms with Gasteiger partial charge < -0.3 is 9.53 Å². The van der Waals surface area contributed by atoms with Gasteiger partial charge in [-0.25, -0.2) is 0 Å². The fourth-order valence-corrected chi connectivity index (χ4v) is 1.39. The molecule has 0 aliphatic rings. The topological polar surface area (TPSA) is 43.4 Å². The van der Waals surface area contributed by atoms with Crippen LogP contribution in [0.5, 0.6) is 0 Å². The molecule has 0 saturated heterocycles. The fourth-order valence-electron chi connectivity index (χ4n) is 1.39. The molecule has 0 amide bonds. The third kappa shape index (κ3) is 8.16. The number of hydrogen-bond acceptors (Lipinski definition) is 3. The summed E-state index contributed by atoms with van der Waals surface area (Å²) in [6.45, 7) is 6.11. The summed E-state index contributed by atoms with van der Waals surface area (Å²) in [5.41, 5.74) is 0. The Morgan fingerprint density at radius 1 is 1.20 bits per heavy atom. The van der Waals surface area contributed by atoms with Crippen molar-refractivity contribution < 1.29 is 14.3 Å². The van der Waals surface area contributed by atoms with Crippen molar-refractivity contribution in [2.75, 3.05) is 6.61 Å². The van der Waals surface area contributed by atoms with E-state index in [1.807, 2.05) is 6.92 Å². The van der Waals surface area contributed by atoms with Crippen LogP contribution in [0.2, 0.25) is 0 Å². The van der Waals surface area contributed by atoms with Gasteiger partial charge in [-0.3, -0.25) is 4.79 Å². The molecule has 0 heterocycles. The first-order valence-corrected chi connectivity index (χ1v) is 5.75. The average Bonchev–Trinajstić information content (AvgIpc) is 2.16. The van der Waals surface area contributed by atoms with Crippen molar-refractivity contribution in [3.05, 3.63) is 0 Å². The highest BCUT2D eigenvalue weighted by Crippen LogP contribution is 2.14. The SMILES string of the molecule is CCCCOC(=O)CC(CC)CC(C)=O. The molecule has 3 nitrogen and oxygen atoms in total. The Labute approximate surface area is 92.2 Å². The van der Waals surface area contributed by atoms with Gasteiger partial charge in [-0.1, -0.05) is 26.7 Å². The Bertz CT molecular complexity index is 199. The van der Waals surface area contributed by atoms with E-state index in [0.717, 1.165) is 19.3 Å². The molecule has 0 saturated carbocycles. The molecule has 0 aromatic rings. The van der Waals surface area contributed by atoms with Crippen LogP contribution in [0, 0.1) is 5.92 Å².